The maximum Gasteiger partial charge on any atom is 0.335 e. The second-order valence-electron chi connectivity index (χ2n) is 11.5. The van der Waals surface area contributed by atoms with Gasteiger partial charge in [0.2, 0.25) is 0 Å². The molecule has 8 rings (SSSR count). The molecular weight excluding hydrogens is 640 g/mol. The van der Waals surface area contributed by atoms with Crippen molar-refractivity contribution >= 4 is 57.8 Å². The van der Waals surface area contributed by atoms with Gasteiger partial charge in [-0.05, 0) is 78.9 Å². The van der Waals surface area contributed by atoms with Gasteiger partial charge in [0.05, 0.1) is 56.0 Å². The van der Waals surface area contributed by atoms with Gasteiger partial charge in [-0.15, -0.1) is 0 Å². The number of carbonyl (C=O) groups is 6. The van der Waals surface area contributed by atoms with E-state index in [4.69, 9.17) is 9.97 Å². The molecule has 2 aliphatic heterocycles. The van der Waals surface area contributed by atoms with Crippen LogP contribution >= 0.6 is 0 Å². The number of benzene rings is 5. The highest BCUT2D eigenvalue weighted by Crippen LogP contribution is 2.36. The van der Waals surface area contributed by atoms with Crippen LogP contribution in [0.5, 0.6) is 0 Å². The van der Waals surface area contributed by atoms with Crippen molar-refractivity contribution in [3.05, 3.63) is 143 Å². The van der Waals surface area contributed by atoms with Crippen LogP contribution < -0.4 is 9.80 Å². The molecule has 4 amide bonds. The van der Waals surface area contributed by atoms with Crippen molar-refractivity contribution in [2.24, 2.45) is 0 Å². The quantitative estimate of drug-likeness (QED) is 0.203. The van der Waals surface area contributed by atoms with Gasteiger partial charge >= 0.3 is 11.9 Å². The molecule has 0 bridgehead atoms. The summed E-state index contributed by atoms with van der Waals surface area (Å²) in [5, 5.41) is 19.3. The summed E-state index contributed by atoms with van der Waals surface area (Å²) in [5.74, 6) is -4.54. The fourth-order valence-electron chi connectivity index (χ4n) is 6.18. The highest BCUT2D eigenvalue weighted by atomic mass is 16.4. The van der Waals surface area contributed by atoms with E-state index < -0.39 is 35.6 Å². The van der Waals surface area contributed by atoms with Crippen LogP contribution in [0.15, 0.2) is 109 Å². The zero-order valence-electron chi connectivity index (χ0n) is 25.5. The zero-order valence-corrected chi connectivity index (χ0v) is 25.5. The van der Waals surface area contributed by atoms with Crippen molar-refractivity contribution in [2.45, 2.75) is 0 Å². The number of carboxylic acid groups (broad SMARTS) is 2. The second-order valence-corrected chi connectivity index (χ2v) is 11.5. The summed E-state index contributed by atoms with van der Waals surface area (Å²) in [6.07, 6.45) is 0. The molecule has 0 spiro atoms. The Kier molecular flexibility index (Phi) is 6.68. The van der Waals surface area contributed by atoms with Gasteiger partial charge in [0.25, 0.3) is 23.6 Å². The molecule has 0 atom stereocenters. The van der Waals surface area contributed by atoms with E-state index in [-0.39, 0.29) is 44.8 Å². The summed E-state index contributed by atoms with van der Waals surface area (Å²) in [6.45, 7) is 0. The Morgan fingerprint density at radius 2 is 1.02 bits per heavy atom. The number of carboxylic acids is 2. The largest absolute Gasteiger partial charge is 0.478 e. The molecule has 0 saturated heterocycles. The lowest BCUT2D eigenvalue weighted by molar-refractivity contribution is 0.0686. The summed E-state index contributed by atoms with van der Waals surface area (Å²) in [6, 6.07) is 28.2. The van der Waals surface area contributed by atoms with Crippen molar-refractivity contribution in [3.8, 4) is 22.6 Å². The Morgan fingerprint density at radius 1 is 0.500 bits per heavy atom. The summed E-state index contributed by atoms with van der Waals surface area (Å²) >= 11 is 0. The van der Waals surface area contributed by atoms with Gasteiger partial charge < -0.3 is 10.2 Å². The first kappa shape index (κ1) is 30.0. The van der Waals surface area contributed by atoms with Crippen molar-refractivity contribution in [1.82, 2.24) is 9.97 Å². The van der Waals surface area contributed by atoms with E-state index in [0.717, 1.165) is 15.4 Å². The number of hydrogen-bond donors (Lipinski definition) is 2. The predicted molar refractivity (Wildman–Crippen MR) is 179 cm³/mol. The third-order valence-corrected chi connectivity index (χ3v) is 8.64. The molecule has 0 saturated carbocycles. The molecule has 5 aromatic carbocycles. The lowest BCUT2D eigenvalue weighted by atomic mass is 10.0. The van der Waals surface area contributed by atoms with Gasteiger partial charge in [-0.2, -0.15) is 0 Å². The number of hydrogen-bond acceptors (Lipinski definition) is 8. The third-order valence-electron chi connectivity index (χ3n) is 8.64. The molecular formula is C38H20N4O8. The Hall–Kier alpha value is -7.34. The average molecular weight is 661 g/mol. The van der Waals surface area contributed by atoms with E-state index in [0.29, 0.717) is 28.0 Å². The monoisotopic (exact) mass is 660 g/mol. The molecule has 240 valence electrons. The number of rotatable bonds is 6. The molecule has 0 aliphatic carbocycles. The molecule has 2 aliphatic rings. The minimum atomic E-state index is -1.22. The first-order chi connectivity index (χ1) is 24.1. The smallest absolute Gasteiger partial charge is 0.335 e. The Bertz CT molecular complexity index is 2530. The standard InChI is InChI=1S/C38H20N4O8/c43-33-25-13-8-21(37(47)48)16-27(25)35(45)41(33)23-10-6-20(7-11-23)32-39-30-15-12-24(18-29(30)31(40-32)19-4-2-1-3-5-19)42-34(44)26-14-9-22(38(49)50)17-28(26)36(42)46/h1-18H,(H,47,48)(H,49,50). The van der Waals surface area contributed by atoms with Crippen molar-refractivity contribution < 1.29 is 39.0 Å². The maximum atomic E-state index is 13.4. The fourth-order valence-corrected chi connectivity index (χ4v) is 6.18. The van der Waals surface area contributed by atoms with Crippen molar-refractivity contribution in [1.29, 1.82) is 0 Å². The van der Waals surface area contributed by atoms with Crippen LogP contribution in [0.3, 0.4) is 0 Å². The number of aromatic nitrogens is 2. The number of carbonyl (C=O) groups excluding carboxylic acids is 4. The Morgan fingerprint density at radius 3 is 1.58 bits per heavy atom. The number of anilines is 2. The van der Waals surface area contributed by atoms with Gasteiger partial charge in [-0.1, -0.05) is 30.3 Å². The molecule has 12 heteroatoms. The summed E-state index contributed by atoms with van der Waals surface area (Å²) in [7, 11) is 0. The Labute approximate surface area is 281 Å². The average Bonchev–Trinajstić information content (AvgIpc) is 3.54. The van der Waals surface area contributed by atoms with Crippen LogP contribution in [0.25, 0.3) is 33.5 Å². The van der Waals surface area contributed by atoms with Crippen LogP contribution in [0, 0.1) is 0 Å². The van der Waals surface area contributed by atoms with Gasteiger partial charge in [0.1, 0.15) is 0 Å². The highest BCUT2D eigenvalue weighted by Gasteiger charge is 2.38. The van der Waals surface area contributed by atoms with E-state index in [1.54, 1.807) is 42.5 Å². The van der Waals surface area contributed by atoms with Crippen LogP contribution in [0.1, 0.15) is 62.1 Å². The number of aromatic carboxylic acids is 2. The van der Waals surface area contributed by atoms with Gasteiger partial charge in [0, 0.05) is 16.5 Å². The van der Waals surface area contributed by atoms with E-state index >= 15 is 0 Å². The molecule has 0 unspecified atom stereocenters. The molecule has 6 aromatic rings. The topological polar surface area (TPSA) is 175 Å². The molecule has 1 aromatic heterocycles. The fraction of sp³-hybridized carbons (Fsp3) is 0. The molecule has 0 radical (unpaired) electrons. The van der Waals surface area contributed by atoms with Crippen molar-refractivity contribution in [2.75, 3.05) is 9.80 Å². The predicted octanol–water partition coefficient (Wildman–Crippen LogP) is 5.96. The summed E-state index contributed by atoms with van der Waals surface area (Å²) < 4.78 is 0. The number of nitrogens with zero attached hydrogens (tertiary/aromatic N) is 4. The number of fused-ring (bicyclic) bond motifs is 3. The minimum Gasteiger partial charge on any atom is -0.478 e. The second kappa shape index (κ2) is 11.1. The Balaban J connectivity index is 1.17. The lowest BCUT2D eigenvalue weighted by Crippen LogP contribution is -2.29. The summed E-state index contributed by atoms with van der Waals surface area (Å²) in [4.78, 5) is 87.6. The van der Waals surface area contributed by atoms with Gasteiger partial charge in [0.15, 0.2) is 5.82 Å². The normalized spacial score (nSPS) is 13.6. The zero-order chi connectivity index (χ0) is 34.8. The SMILES string of the molecule is O=C(O)c1ccc2c(c1)C(=O)N(c1ccc(-c3nc(-c4ccccc4)c4cc(N5C(=O)c6ccc(C(=O)O)cc6C5=O)ccc4n3)cc1)C2=O. The molecule has 12 nitrogen and oxygen atoms in total. The molecule has 0 fully saturated rings. The first-order valence-electron chi connectivity index (χ1n) is 15.1. The van der Waals surface area contributed by atoms with E-state index in [1.807, 2.05) is 30.3 Å². The maximum absolute atomic E-state index is 13.4. The molecule has 2 N–H and O–H groups in total. The third kappa shape index (κ3) is 4.62. The lowest BCUT2D eigenvalue weighted by Gasteiger charge is -2.17. The van der Waals surface area contributed by atoms with Crippen molar-refractivity contribution in [3.63, 3.8) is 0 Å². The number of amides is 4. The first-order valence-corrected chi connectivity index (χ1v) is 15.1. The summed E-state index contributed by atoms with van der Waals surface area (Å²) in [5.41, 5.74) is 2.86. The van der Waals surface area contributed by atoms with E-state index in [2.05, 4.69) is 0 Å². The van der Waals surface area contributed by atoms with Gasteiger partial charge in [-0.3, -0.25) is 19.2 Å². The van der Waals surface area contributed by atoms with E-state index in [1.165, 1.54) is 36.4 Å². The van der Waals surface area contributed by atoms with Gasteiger partial charge in [-0.25, -0.2) is 29.4 Å². The highest BCUT2D eigenvalue weighted by molar-refractivity contribution is 6.35. The van der Waals surface area contributed by atoms with Crippen LogP contribution in [0.2, 0.25) is 0 Å². The number of imide groups is 2. The molecule has 50 heavy (non-hydrogen) atoms. The van der Waals surface area contributed by atoms with Crippen LogP contribution in [-0.4, -0.2) is 55.7 Å². The minimum absolute atomic E-state index is 0.000420. The van der Waals surface area contributed by atoms with E-state index in [9.17, 15) is 39.0 Å². The van der Waals surface area contributed by atoms with Crippen LogP contribution in [0.4, 0.5) is 11.4 Å². The molecule has 3 heterocycles. The van der Waals surface area contributed by atoms with Crippen LogP contribution in [-0.2, 0) is 0 Å².